The summed E-state index contributed by atoms with van der Waals surface area (Å²) in [7, 11) is 0. The molecule has 7 nitrogen and oxygen atoms in total. The molecule has 0 radical (unpaired) electrons. The molecule has 0 saturated carbocycles. The fourth-order valence-electron chi connectivity index (χ4n) is 3.56. The van der Waals surface area contributed by atoms with Crippen LogP contribution in [0.3, 0.4) is 0 Å². The summed E-state index contributed by atoms with van der Waals surface area (Å²) in [6.07, 6.45) is 2.70. The van der Waals surface area contributed by atoms with Crippen LogP contribution in [0.1, 0.15) is 41.4 Å². The van der Waals surface area contributed by atoms with E-state index >= 15 is 0 Å². The number of Topliss-reactive ketones (excluding diaryl/α,β-unsaturated/α-hetero) is 1. The van der Waals surface area contributed by atoms with Crippen molar-refractivity contribution in [3.63, 3.8) is 0 Å². The third kappa shape index (κ3) is 3.24. The summed E-state index contributed by atoms with van der Waals surface area (Å²) in [4.78, 5) is 26.5. The van der Waals surface area contributed by atoms with Crippen LogP contribution in [-0.2, 0) is 16.1 Å². The quantitative estimate of drug-likeness (QED) is 0.778. The number of hydrogen-bond acceptors (Lipinski definition) is 5. The van der Waals surface area contributed by atoms with Gasteiger partial charge in [0.15, 0.2) is 5.78 Å². The second kappa shape index (κ2) is 6.95. The monoisotopic (exact) mass is 358 g/mol. The van der Waals surface area contributed by atoms with Crippen LogP contribution in [0.4, 0.5) is 4.39 Å². The molecule has 1 aromatic carbocycles. The van der Waals surface area contributed by atoms with E-state index in [0.29, 0.717) is 25.3 Å². The number of fused-ring (bicyclic) bond motifs is 3. The van der Waals surface area contributed by atoms with Crippen molar-refractivity contribution in [1.82, 2.24) is 19.9 Å². The Morgan fingerprint density at radius 3 is 2.85 bits per heavy atom. The Morgan fingerprint density at radius 1 is 1.23 bits per heavy atom. The molecule has 2 aliphatic rings. The van der Waals surface area contributed by atoms with Gasteiger partial charge >= 0.3 is 0 Å². The lowest BCUT2D eigenvalue weighted by molar-refractivity contribution is -0.138. The third-order valence-electron chi connectivity index (χ3n) is 5.01. The standard InChI is InChI=1S/C18H19FN4O3/c19-13-3-1-12(2-4-13)16(24)5-6-18(25)22-8-7-17-15(10-22)23-14(11-26-17)9-20-21-23/h1-4,9,15,17H,5-8,10-11H2/t15-,17-/m1/s1. The number of carbonyl (C=O) groups excluding carboxylic acids is 2. The number of hydrogen-bond donors (Lipinski definition) is 0. The number of amides is 1. The highest BCUT2D eigenvalue weighted by atomic mass is 19.1. The Balaban J connectivity index is 1.36. The largest absolute Gasteiger partial charge is 0.370 e. The van der Waals surface area contributed by atoms with Crippen LogP contribution in [-0.4, -0.2) is 50.8 Å². The summed E-state index contributed by atoms with van der Waals surface area (Å²) >= 11 is 0. The number of likely N-dealkylation sites (tertiary alicyclic amines) is 1. The van der Waals surface area contributed by atoms with Crippen molar-refractivity contribution < 1.29 is 18.7 Å². The molecule has 1 aromatic heterocycles. The molecule has 0 spiro atoms. The Hall–Kier alpha value is -2.61. The lowest BCUT2D eigenvalue weighted by atomic mass is 9.99. The average molecular weight is 358 g/mol. The van der Waals surface area contributed by atoms with Gasteiger partial charge in [-0.15, -0.1) is 5.10 Å². The summed E-state index contributed by atoms with van der Waals surface area (Å²) in [5.41, 5.74) is 1.33. The molecule has 1 saturated heterocycles. The number of halogens is 1. The van der Waals surface area contributed by atoms with Crippen molar-refractivity contribution in [3.05, 3.63) is 47.5 Å². The highest BCUT2D eigenvalue weighted by Crippen LogP contribution is 2.30. The molecule has 136 valence electrons. The normalized spacial score (nSPS) is 21.8. The molecule has 2 aliphatic heterocycles. The van der Waals surface area contributed by atoms with Crippen molar-refractivity contribution in [3.8, 4) is 0 Å². The van der Waals surface area contributed by atoms with E-state index < -0.39 is 0 Å². The second-order valence-electron chi connectivity index (χ2n) is 6.65. The van der Waals surface area contributed by atoms with Crippen molar-refractivity contribution in [2.24, 2.45) is 0 Å². The van der Waals surface area contributed by atoms with Gasteiger partial charge in [-0.1, -0.05) is 5.21 Å². The predicted molar refractivity (Wildman–Crippen MR) is 88.8 cm³/mol. The maximum absolute atomic E-state index is 12.9. The van der Waals surface area contributed by atoms with Gasteiger partial charge in [0.1, 0.15) is 5.82 Å². The minimum absolute atomic E-state index is 0.0354. The van der Waals surface area contributed by atoms with E-state index in [1.54, 1.807) is 11.1 Å². The van der Waals surface area contributed by atoms with Crippen molar-refractivity contribution in [2.75, 3.05) is 13.1 Å². The molecule has 0 aliphatic carbocycles. The van der Waals surface area contributed by atoms with Crippen LogP contribution in [0.2, 0.25) is 0 Å². The van der Waals surface area contributed by atoms with Crippen molar-refractivity contribution >= 4 is 11.7 Å². The summed E-state index contributed by atoms with van der Waals surface area (Å²) < 4.78 is 20.6. The molecule has 26 heavy (non-hydrogen) atoms. The minimum Gasteiger partial charge on any atom is -0.370 e. The van der Waals surface area contributed by atoms with Crippen molar-refractivity contribution in [2.45, 2.75) is 38.0 Å². The topological polar surface area (TPSA) is 77.3 Å². The summed E-state index contributed by atoms with van der Waals surface area (Å²) in [5, 5.41) is 8.04. The van der Waals surface area contributed by atoms with Gasteiger partial charge in [-0.05, 0) is 30.7 Å². The zero-order valence-electron chi connectivity index (χ0n) is 14.2. The first kappa shape index (κ1) is 16.8. The minimum atomic E-state index is -0.386. The number of ether oxygens (including phenoxy) is 1. The number of piperidine rings is 1. The van der Waals surface area contributed by atoms with E-state index in [9.17, 15) is 14.0 Å². The predicted octanol–water partition coefficient (Wildman–Crippen LogP) is 1.75. The molecule has 0 N–H and O–H groups in total. The van der Waals surface area contributed by atoms with Gasteiger partial charge < -0.3 is 9.64 Å². The lowest BCUT2D eigenvalue weighted by Crippen LogP contribution is -2.49. The zero-order valence-corrected chi connectivity index (χ0v) is 14.2. The van der Waals surface area contributed by atoms with Crippen LogP contribution in [0.25, 0.3) is 0 Å². The Morgan fingerprint density at radius 2 is 2.04 bits per heavy atom. The van der Waals surface area contributed by atoms with Gasteiger partial charge in [-0.3, -0.25) is 9.59 Å². The van der Waals surface area contributed by atoms with Crippen LogP contribution in [0.15, 0.2) is 30.5 Å². The van der Waals surface area contributed by atoms with E-state index in [1.165, 1.54) is 24.3 Å². The Kier molecular flexibility index (Phi) is 4.50. The number of nitrogens with zero attached hydrogens (tertiary/aromatic N) is 4. The first-order valence-electron chi connectivity index (χ1n) is 8.69. The Labute approximate surface area is 149 Å². The smallest absolute Gasteiger partial charge is 0.223 e. The number of carbonyl (C=O) groups is 2. The second-order valence-corrected chi connectivity index (χ2v) is 6.65. The van der Waals surface area contributed by atoms with Gasteiger partial charge in [0, 0.05) is 31.5 Å². The van der Waals surface area contributed by atoms with E-state index in [0.717, 1.165) is 12.1 Å². The Bertz CT molecular complexity index is 820. The van der Waals surface area contributed by atoms with Gasteiger partial charge in [0.05, 0.1) is 30.6 Å². The maximum atomic E-state index is 12.9. The van der Waals surface area contributed by atoms with Gasteiger partial charge in [-0.2, -0.15) is 0 Å². The van der Waals surface area contributed by atoms with Crippen molar-refractivity contribution in [1.29, 1.82) is 0 Å². The van der Waals surface area contributed by atoms with Gasteiger partial charge in [-0.25, -0.2) is 9.07 Å². The fourth-order valence-corrected chi connectivity index (χ4v) is 3.56. The fraction of sp³-hybridized carbons (Fsp3) is 0.444. The van der Waals surface area contributed by atoms with Crippen LogP contribution in [0.5, 0.6) is 0 Å². The molecule has 3 heterocycles. The molecular formula is C18H19FN4O3. The number of rotatable bonds is 4. The first-order valence-corrected chi connectivity index (χ1v) is 8.69. The van der Waals surface area contributed by atoms with E-state index in [4.69, 9.17) is 4.74 Å². The number of aromatic nitrogens is 3. The lowest BCUT2D eigenvalue weighted by Gasteiger charge is -2.41. The average Bonchev–Trinajstić information content (AvgIpc) is 3.15. The van der Waals surface area contributed by atoms with Gasteiger partial charge in [0.25, 0.3) is 0 Å². The third-order valence-corrected chi connectivity index (χ3v) is 5.01. The molecule has 0 bridgehead atoms. The van der Waals surface area contributed by atoms with Crippen LogP contribution >= 0.6 is 0 Å². The molecule has 1 amide bonds. The summed E-state index contributed by atoms with van der Waals surface area (Å²) in [6, 6.07) is 5.35. The first-order chi connectivity index (χ1) is 12.6. The highest BCUT2D eigenvalue weighted by Gasteiger charge is 2.37. The molecule has 2 atom stereocenters. The molecule has 0 unspecified atom stereocenters. The van der Waals surface area contributed by atoms with Crippen LogP contribution < -0.4 is 0 Å². The zero-order chi connectivity index (χ0) is 18.1. The molecule has 1 fully saturated rings. The molecule has 2 aromatic rings. The summed E-state index contributed by atoms with van der Waals surface area (Å²) in [6.45, 7) is 1.60. The number of ketones is 1. The molecule has 4 rings (SSSR count). The van der Waals surface area contributed by atoms with E-state index in [1.807, 2.05) is 4.68 Å². The van der Waals surface area contributed by atoms with Gasteiger partial charge in [0.2, 0.25) is 5.91 Å². The molecular weight excluding hydrogens is 339 g/mol. The molecule has 8 heteroatoms. The summed E-state index contributed by atoms with van der Waals surface area (Å²) in [5.74, 6) is -0.610. The SMILES string of the molecule is O=C(CCC(=O)N1CC[C@H]2OCc3cnnn3[C@@H]2C1)c1ccc(F)cc1. The highest BCUT2D eigenvalue weighted by molar-refractivity contribution is 5.97. The van der Waals surface area contributed by atoms with Crippen LogP contribution in [0, 0.1) is 5.82 Å². The van der Waals surface area contributed by atoms with E-state index in [2.05, 4.69) is 10.3 Å². The maximum Gasteiger partial charge on any atom is 0.223 e. The number of benzene rings is 1. The van der Waals surface area contributed by atoms with E-state index in [-0.39, 0.29) is 42.5 Å².